The van der Waals surface area contributed by atoms with Crippen molar-refractivity contribution in [3.05, 3.63) is 0 Å². The van der Waals surface area contributed by atoms with Crippen molar-refractivity contribution in [2.75, 3.05) is 14.2 Å². The molecule has 2 heteroatoms. The molecule has 64 valence electrons. The molecule has 0 amide bonds. The molecule has 2 aliphatic heterocycles. The van der Waals surface area contributed by atoms with Gasteiger partial charge in [-0.05, 0) is 39.2 Å². The fourth-order valence-electron chi connectivity index (χ4n) is 2.70. The average molecular weight is 155 g/mol. The molecule has 2 nitrogen and oxygen atoms in total. The molecule has 0 N–H and O–H groups in total. The Morgan fingerprint density at radius 1 is 1.36 bits per heavy atom. The van der Waals surface area contributed by atoms with Crippen molar-refractivity contribution in [2.24, 2.45) is 0 Å². The molecule has 2 bridgehead atoms. The third-order valence-corrected chi connectivity index (χ3v) is 3.54. The SMILES string of the molecule is CO[C@]12CCC[C@H](CC1)N2C. The number of fused-ring (bicyclic) bond motifs is 2. The summed E-state index contributed by atoms with van der Waals surface area (Å²) in [6, 6.07) is 0.809. The van der Waals surface area contributed by atoms with Crippen LogP contribution in [0.15, 0.2) is 0 Å². The Kier molecular flexibility index (Phi) is 1.69. The van der Waals surface area contributed by atoms with Crippen molar-refractivity contribution in [1.82, 2.24) is 4.90 Å². The first-order valence-electron chi connectivity index (χ1n) is 4.56. The zero-order chi connectivity index (χ0) is 7.90. The summed E-state index contributed by atoms with van der Waals surface area (Å²) in [7, 11) is 4.06. The molecule has 2 atom stereocenters. The first-order chi connectivity index (χ1) is 5.28. The first-order valence-corrected chi connectivity index (χ1v) is 4.56. The van der Waals surface area contributed by atoms with Gasteiger partial charge in [-0.15, -0.1) is 0 Å². The highest BCUT2D eigenvalue weighted by atomic mass is 16.5. The van der Waals surface area contributed by atoms with E-state index in [4.69, 9.17) is 4.74 Å². The number of methoxy groups -OCH3 is 1. The standard InChI is InChI=1S/C9H17NO/c1-10-8-4-3-6-9(10,11-2)7-5-8/h8H,3-7H2,1-2H3/t8-,9-/m1/s1. The Labute approximate surface area is 68.5 Å². The van der Waals surface area contributed by atoms with Gasteiger partial charge in [0.2, 0.25) is 0 Å². The Hall–Kier alpha value is -0.0800. The minimum absolute atomic E-state index is 0.128. The van der Waals surface area contributed by atoms with Gasteiger partial charge in [-0.1, -0.05) is 0 Å². The van der Waals surface area contributed by atoms with E-state index in [0.717, 1.165) is 6.04 Å². The van der Waals surface area contributed by atoms with Crippen LogP contribution in [0, 0.1) is 0 Å². The molecule has 2 rings (SSSR count). The molecule has 0 unspecified atom stereocenters. The molecule has 0 aromatic carbocycles. The van der Waals surface area contributed by atoms with Crippen LogP contribution in [0.1, 0.15) is 32.1 Å². The number of hydrogen-bond donors (Lipinski definition) is 0. The van der Waals surface area contributed by atoms with Crippen LogP contribution in [0.3, 0.4) is 0 Å². The third-order valence-electron chi connectivity index (χ3n) is 3.54. The summed E-state index contributed by atoms with van der Waals surface area (Å²) in [5.41, 5.74) is 0.128. The lowest BCUT2D eigenvalue weighted by Gasteiger charge is -2.41. The van der Waals surface area contributed by atoms with Gasteiger partial charge in [0, 0.05) is 13.2 Å². The predicted octanol–water partition coefficient (Wildman–Crippen LogP) is 1.61. The van der Waals surface area contributed by atoms with E-state index in [-0.39, 0.29) is 5.72 Å². The summed E-state index contributed by atoms with van der Waals surface area (Å²) in [5.74, 6) is 0. The lowest BCUT2D eigenvalue weighted by molar-refractivity contribution is -0.132. The predicted molar refractivity (Wildman–Crippen MR) is 44.4 cm³/mol. The Bertz CT molecular complexity index is 156. The highest BCUT2D eigenvalue weighted by Gasteiger charge is 2.46. The van der Waals surface area contributed by atoms with Crippen LogP contribution in [0.25, 0.3) is 0 Å². The molecule has 0 spiro atoms. The van der Waals surface area contributed by atoms with Crippen LogP contribution in [-0.2, 0) is 4.74 Å². The quantitative estimate of drug-likeness (QED) is 0.570. The van der Waals surface area contributed by atoms with E-state index in [2.05, 4.69) is 11.9 Å². The number of nitrogens with zero attached hydrogens (tertiary/aromatic N) is 1. The summed E-state index contributed by atoms with van der Waals surface area (Å²) < 4.78 is 5.61. The second-order valence-corrected chi connectivity index (χ2v) is 3.85. The van der Waals surface area contributed by atoms with Crippen molar-refractivity contribution < 1.29 is 4.74 Å². The highest BCUT2D eigenvalue weighted by Crippen LogP contribution is 2.42. The maximum atomic E-state index is 5.61. The molecule has 11 heavy (non-hydrogen) atoms. The van der Waals surface area contributed by atoms with E-state index in [1.54, 1.807) is 0 Å². The summed E-state index contributed by atoms with van der Waals surface area (Å²) >= 11 is 0. The van der Waals surface area contributed by atoms with Gasteiger partial charge in [-0.25, -0.2) is 0 Å². The van der Waals surface area contributed by atoms with Gasteiger partial charge in [-0.3, -0.25) is 4.90 Å². The van der Waals surface area contributed by atoms with E-state index in [0.29, 0.717) is 0 Å². The van der Waals surface area contributed by atoms with Gasteiger partial charge in [0.05, 0.1) is 0 Å². The van der Waals surface area contributed by atoms with Gasteiger partial charge >= 0.3 is 0 Å². The first kappa shape index (κ1) is 7.56. The fraction of sp³-hybridized carbons (Fsp3) is 1.00. The minimum Gasteiger partial charge on any atom is -0.364 e. The summed E-state index contributed by atoms with van der Waals surface area (Å²) in [6.07, 6.45) is 6.54. The molecular weight excluding hydrogens is 138 g/mol. The number of piperidine rings is 1. The second kappa shape index (κ2) is 2.46. The number of hydrogen-bond acceptors (Lipinski definition) is 2. The molecule has 0 aromatic heterocycles. The van der Waals surface area contributed by atoms with Crippen molar-refractivity contribution in [1.29, 1.82) is 0 Å². The topological polar surface area (TPSA) is 12.5 Å². The van der Waals surface area contributed by atoms with Crippen molar-refractivity contribution in [2.45, 2.75) is 43.9 Å². The average Bonchev–Trinajstić information content (AvgIpc) is 2.25. The monoisotopic (exact) mass is 155 g/mol. The zero-order valence-electron chi connectivity index (χ0n) is 7.47. The minimum atomic E-state index is 0.128. The van der Waals surface area contributed by atoms with Gasteiger partial charge < -0.3 is 4.74 Å². The molecular formula is C9H17NO. The van der Waals surface area contributed by atoms with Crippen LogP contribution in [0.2, 0.25) is 0 Å². The molecule has 0 radical (unpaired) electrons. The smallest absolute Gasteiger partial charge is 0.121 e. The Morgan fingerprint density at radius 2 is 2.18 bits per heavy atom. The van der Waals surface area contributed by atoms with Crippen LogP contribution >= 0.6 is 0 Å². The molecule has 2 fully saturated rings. The Balaban J connectivity index is 2.19. The van der Waals surface area contributed by atoms with Gasteiger partial charge in [0.15, 0.2) is 0 Å². The highest BCUT2D eigenvalue weighted by molar-refractivity contribution is 4.96. The molecule has 2 heterocycles. The summed E-state index contributed by atoms with van der Waals surface area (Å²) in [5, 5.41) is 0. The van der Waals surface area contributed by atoms with Crippen molar-refractivity contribution >= 4 is 0 Å². The number of rotatable bonds is 1. The molecule has 0 aliphatic carbocycles. The van der Waals surface area contributed by atoms with E-state index in [9.17, 15) is 0 Å². The summed E-state index contributed by atoms with van der Waals surface area (Å²) in [4.78, 5) is 2.44. The van der Waals surface area contributed by atoms with Crippen molar-refractivity contribution in [3.63, 3.8) is 0 Å². The molecule has 0 saturated carbocycles. The van der Waals surface area contributed by atoms with Crippen molar-refractivity contribution in [3.8, 4) is 0 Å². The third kappa shape index (κ3) is 0.926. The largest absolute Gasteiger partial charge is 0.364 e. The molecule has 0 aromatic rings. The maximum Gasteiger partial charge on any atom is 0.121 e. The maximum absolute atomic E-state index is 5.61. The Morgan fingerprint density at radius 3 is 2.82 bits per heavy atom. The van der Waals surface area contributed by atoms with Crippen LogP contribution in [0.4, 0.5) is 0 Å². The van der Waals surface area contributed by atoms with E-state index >= 15 is 0 Å². The van der Waals surface area contributed by atoms with E-state index in [1.807, 2.05) is 7.11 Å². The second-order valence-electron chi connectivity index (χ2n) is 3.85. The van der Waals surface area contributed by atoms with Crippen LogP contribution in [-0.4, -0.2) is 30.8 Å². The van der Waals surface area contributed by atoms with E-state index in [1.165, 1.54) is 32.1 Å². The summed E-state index contributed by atoms with van der Waals surface area (Å²) in [6.45, 7) is 0. The fourth-order valence-corrected chi connectivity index (χ4v) is 2.70. The lowest BCUT2D eigenvalue weighted by Crippen LogP contribution is -2.48. The van der Waals surface area contributed by atoms with Gasteiger partial charge in [0.25, 0.3) is 0 Å². The molecule has 2 saturated heterocycles. The van der Waals surface area contributed by atoms with Gasteiger partial charge in [-0.2, -0.15) is 0 Å². The van der Waals surface area contributed by atoms with Gasteiger partial charge in [0.1, 0.15) is 5.72 Å². The zero-order valence-corrected chi connectivity index (χ0v) is 7.47. The van der Waals surface area contributed by atoms with Crippen LogP contribution in [0.5, 0.6) is 0 Å². The van der Waals surface area contributed by atoms with E-state index < -0.39 is 0 Å². The number of ether oxygens (including phenoxy) is 1. The molecule has 2 aliphatic rings. The normalized spacial score (nSPS) is 44.7. The lowest BCUT2D eigenvalue weighted by atomic mass is 10.0. The van der Waals surface area contributed by atoms with Crippen LogP contribution < -0.4 is 0 Å².